The lowest BCUT2D eigenvalue weighted by Gasteiger charge is -2.00. The SMILES string of the molecule is Fc1cc(-c2ccc(-c3ccc(C4CC4)s3)s2)ccc1N=C=S. The Kier molecular flexibility index (Phi) is 3.95. The predicted molar refractivity (Wildman–Crippen MR) is 99.7 cm³/mol. The van der Waals surface area contributed by atoms with Crippen LogP contribution in [0.5, 0.6) is 0 Å². The lowest BCUT2D eigenvalue weighted by Crippen LogP contribution is -1.78. The molecule has 5 heteroatoms. The highest BCUT2D eigenvalue weighted by Crippen LogP contribution is 2.46. The van der Waals surface area contributed by atoms with Crippen molar-refractivity contribution in [2.45, 2.75) is 18.8 Å². The van der Waals surface area contributed by atoms with E-state index >= 15 is 0 Å². The van der Waals surface area contributed by atoms with Crippen LogP contribution in [0.2, 0.25) is 0 Å². The Morgan fingerprint density at radius 1 is 1.00 bits per heavy atom. The van der Waals surface area contributed by atoms with Crippen molar-refractivity contribution >= 4 is 45.7 Å². The van der Waals surface area contributed by atoms with Gasteiger partial charge < -0.3 is 0 Å². The van der Waals surface area contributed by atoms with Gasteiger partial charge in [-0.3, -0.25) is 0 Å². The molecule has 1 fully saturated rings. The van der Waals surface area contributed by atoms with Gasteiger partial charge in [0.2, 0.25) is 0 Å². The molecular weight excluding hydrogens is 345 g/mol. The first-order valence-corrected chi connectivity index (χ1v) is 9.36. The van der Waals surface area contributed by atoms with Gasteiger partial charge in [0.25, 0.3) is 0 Å². The van der Waals surface area contributed by atoms with Gasteiger partial charge in [-0.25, -0.2) is 4.39 Å². The number of hydrogen-bond acceptors (Lipinski definition) is 4. The highest BCUT2D eigenvalue weighted by molar-refractivity contribution is 7.78. The van der Waals surface area contributed by atoms with Crippen LogP contribution in [-0.4, -0.2) is 5.16 Å². The Balaban J connectivity index is 1.64. The van der Waals surface area contributed by atoms with E-state index in [-0.39, 0.29) is 11.5 Å². The number of nitrogens with zero attached hydrogens (tertiary/aromatic N) is 1. The van der Waals surface area contributed by atoms with Crippen LogP contribution in [0.25, 0.3) is 20.2 Å². The van der Waals surface area contributed by atoms with Crippen LogP contribution in [0.4, 0.5) is 10.1 Å². The van der Waals surface area contributed by atoms with Crippen LogP contribution in [0, 0.1) is 5.82 Å². The van der Waals surface area contributed by atoms with E-state index in [9.17, 15) is 4.39 Å². The summed E-state index contributed by atoms with van der Waals surface area (Å²) < 4.78 is 14.0. The van der Waals surface area contributed by atoms with Gasteiger partial charge in [-0.1, -0.05) is 6.07 Å². The maximum Gasteiger partial charge on any atom is 0.150 e. The van der Waals surface area contributed by atoms with Crippen molar-refractivity contribution in [3.05, 3.63) is 53.2 Å². The summed E-state index contributed by atoms with van der Waals surface area (Å²) in [4.78, 5) is 8.79. The van der Waals surface area contributed by atoms with Crippen LogP contribution < -0.4 is 0 Å². The summed E-state index contributed by atoms with van der Waals surface area (Å²) in [6.45, 7) is 0. The second kappa shape index (κ2) is 6.10. The lowest BCUT2D eigenvalue weighted by atomic mass is 10.1. The summed E-state index contributed by atoms with van der Waals surface area (Å²) in [5.74, 6) is 0.415. The molecule has 0 N–H and O–H groups in total. The second-order valence-corrected chi connectivity index (χ2v) is 7.89. The minimum atomic E-state index is -0.373. The number of benzene rings is 1. The topological polar surface area (TPSA) is 12.4 Å². The number of thiocarbonyl (C=S) groups is 1. The fraction of sp³-hybridized carbons (Fsp3) is 0.167. The Labute approximate surface area is 147 Å². The molecule has 0 radical (unpaired) electrons. The average Bonchev–Trinajstić information content (AvgIpc) is 3.10. The van der Waals surface area contributed by atoms with E-state index < -0.39 is 0 Å². The molecule has 0 unspecified atom stereocenters. The number of halogens is 1. The third kappa shape index (κ3) is 3.06. The fourth-order valence-corrected chi connectivity index (χ4v) is 4.87. The molecule has 2 heterocycles. The first-order valence-electron chi connectivity index (χ1n) is 7.32. The van der Waals surface area contributed by atoms with Crippen molar-refractivity contribution in [1.82, 2.24) is 0 Å². The van der Waals surface area contributed by atoms with Crippen molar-refractivity contribution in [3.63, 3.8) is 0 Å². The normalized spacial score (nSPS) is 13.8. The fourth-order valence-electron chi connectivity index (χ4n) is 2.50. The number of thiophene rings is 2. The molecule has 0 atom stereocenters. The molecule has 1 aliphatic carbocycles. The summed E-state index contributed by atoms with van der Waals surface area (Å²) >= 11 is 8.09. The highest BCUT2D eigenvalue weighted by Gasteiger charge is 2.25. The largest absolute Gasteiger partial charge is 0.205 e. The van der Waals surface area contributed by atoms with Gasteiger partial charge in [-0.15, -0.1) is 22.7 Å². The number of rotatable bonds is 4. The van der Waals surface area contributed by atoms with E-state index in [1.807, 2.05) is 23.5 Å². The quantitative estimate of drug-likeness (QED) is 0.365. The highest BCUT2D eigenvalue weighted by atomic mass is 32.1. The molecule has 3 aromatic rings. The van der Waals surface area contributed by atoms with E-state index in [0.29, 0.717) is 0 Å². The molecule has 0 aliphatic heterocycles. The Hall–Kier alpha value is -1.65. The number of aliphatic imine (C=N–C) groups is 1. The number of isothiocyanates is 1. The molecule has 1 nitrogen and oxygen atoms in total. The molecule has 1 aliphatic rings. The van der Waals surface area contributed by atoms with Crippen molar-refractivity contribution in [3.8, 4) is 20.2 Å². The summed E-state index contributed by atoms with van der Waals surface area (Å²) in [5, 5.41) is 2.20. The summed E-state index contributed by atoms with van der Waals surface area (Å²) in [5.41, 5.74) is 1.09. The maximum absolute atomic E-state index is 14.0. The molecule has 0 bridgehead atoms. The summed E-state index contributed by atoms with van der Waals surface area (Å²) in [6, 6.07) is 13.6. The van der Waals surface area contributed by atoms with Crippen molar-refractivity contribution in [1.29, 1.82) is 0 Å². The van der Waals surface area contributed by atoms with Gasteiger partial charge in [0, 0.05) is 19.5 Å². The van der Waals surface area contributed by atoms with Crippen LogP contribution in [0.15, 0.2) is 47.5 Å². The van der Waals surface area contributed by atoms with Gasteiger partial charge in [0.15, 0.2) is 0 Å². The van der Waals surface area contributed by atoms with E-state index in [4.69, 9.17) is 0 Å². The zero-order chi connectivity index (χ0) is 15.8. The Bertz CT molecular complexity index is 914. The van der Waals surface area contributed by atoms with Crippen molar-refractivity contribution in [2.24, 2.45) is 4.99 Å². The molecule has 1 aromatic carbocycles. The third-order valence-electron chi connectivity index (χ3n) is 3.85. The van der Waals surface area contributed by atoms with Crippen LogP contribution >= 0.6 is 34.9 Å². The minimum Gasteiger partial charge on any atom is -0.205 e. The minimum absolute atomic E-state index is 0.230. The van der Waals surface area contributed by atoms with E-state index in [2.05, 4.69) is 40.6 Å². The molecular formula is C18H12FNS3. The van der Waals surface area contributed by atoms with E-state index in [1.165, 1.54) is 33.5 Å². The smallest absolute Gasteiger partial charge is 0.150 e. The van der Waals surface area contributed by atoms with Gasteiger partial charge in [-0.2, -0.15) is 4.99 Å². The standard InChI is InChI=1S/C18H12FNS3/c19-13-9-12(3-4-14(13)20-10-21)16-6-8-18(23-16)17-7-5-15(22-17)11-1-2-11/h3-9,11H,1-2H2. The summed E-state index contributed by atoms with van der Waals surface area (Å²) in [6.07, 6.45) is 2.65. The van der Waals surface area contributed by atoms with Gasteiger partial charge >= 0.3 is 0 Å². The zero-order valence-corrected chi connectivity index (χ0v) is 14.5. The molecule has 1 saturated carbocycles. The van der Waals surface area contributed by atoms with Crippen LogP contribution in [-0.2, 0) is 0 Å². The third-order valence-corrected chi connectivity index (χ3v) is 6.52. The lowest BCUT2D eigenvalue weighted by molar-refractivity contribution is 0.630. The maximum atomic E-state index is 14.0. The van der Waals surface area contributed by atoms with Gasteiger partial charge in [0.1, 0.15) is 11.5 Å². The molecule has 0 amide bonds. The second-order valence-electron chi connectivity index (χ2n) is 5.51. The van der Waals surface area contributed by atoms with Crippen LogP contribution in [0.1, 0.15) is 23.6 Å². The molecule has 114 valence electrons. The average molecular weight is 358 g/mol. The molecule has 2 aromatic heterocycles. The number of hydrogen-bond donors (Lipinski definition) is 0. The van der Waals surface area contributed by atoms with E-state index in [0.717, 1.165) is 16.4 Å². The molecule has 23 heavy (non-hydrogen) atoms. The molecule has 4 rings (SSSR count). The Morgan fingerprint density at radius 2 is 1.74 bits per heavy atom. The molecule has 0 spiro atoms. The molecule has 0 saturated heterocycles. The first-order chi connectivity index (χ1) is 11.2. The van der Waals surface area contributed by atoms with Crippen LogP contribution in [0.3, 0.4) is 0 Å². The zero-order valence-electron chi connectivity index (χ0n) is 12.1. The monoisotopic (exact) mass is 357 g/mol. The van der Waals surface area contributed by atoms with Crippen molar-refractivity contribution in [2.75, 3.05) is 0 Å². The van der Waals surface area contributed by atoms with Crippen molar-refractivity contribution < 1.29 is 4.39 Å². The van der Waals surface area contributed by atoms with Gasteiger partial charge in [0.05, 0.1) is 5.16 Å². The van der Waals surface area contributed by atoms with Gasteiger partial charge in [-0.05, 0) is 72.9 Å². The van der Waals surface area contributed by atoms with E-state index in [1.54, 1.807) is 17.4 Å². The first kappa shape index (κ1) is 14.9. The Morgan fingerprint density at radius 3 is 2.48 bits per heavy atom. The predicted octanol–water partition coefficient (Wildman–Crippen LogP) is 6.89. The summed E-state index contributed by atoms with van der Waals surface area (Å²) in [7, 11) is 0.